The molecule has 0 aliphatic heterocycles. The number of esters is 1. The van der Waals surface area contributed by atoms with Crippen molar-refractivity contribution in [2.75, 3.05) is 20.3 Å². The van der Waals surface area contributed by atoms with Gasteiger partial charge >= 0.3 is 13.8 Å². The molecule has 0 radical (unpaired) electrons. The number of hydrogen-bond donors (Lipinski definition) is 0. The molecule has 2 atom stereocenters. The van der Waals surface area contributed by atoms with Crippen molar-refractivity contribution in [3.63, 3.8) is 0 Å². The molecule has 1 rings (SSSR count). The van der Waals surface area contributed by atoms with Crippen LogP contribution in [0.1, 0.15) is 26.7 Å². The molecule has 19 heavy (non-hydrogen) atoms. The number of methoxy groups -OCH3 is 1. The number of phosphoric acid groups is 1. The molecule has 110 valence electrons. The van der Waals surface area contributed by atoms with Crippen LogP contribution in [0.15, 0.2) is 12.2 Å². The quantitative estimate of drug-likeness (QED) is 0.408. The summed E-state index contributed by atoms with van der Waals surface area (Å²) in [4.78, 5) is 11.5. The molecular weight excluding hydrogens is 271 g/mol. The second kappa shape index (κ2) is 7.80. The third kappa shape index (κ3) is 5.07. The molecule has 0 amide bonds. The highest BCUT2D eigenvalue weighted by atomic mass is 31.2. The van der Waals surface area contributed by atoms with Gasteiger partial charge in [0.05, 0.1) is 32.3 Å². The highest BCUT2D eigenvalue weighted by molar-refractivity contribution is 7.48. The van der Waals surface area contributed by atoms with Crippen LogP contribution < -0.4 is 0 Å². The van der Waals surface area contributed by atoms with E-state index >= 15 is 0 Å². The molecule has 0 N–H and O–H groups in total. The molecule has 0 aromatic carbocycles. The average Bonchev–Trinajstić information content (AvgIpc) is 2.38. The number of hydrogen-bond acceptors (Lipinski definition) is 6. The van der Waals surface area contributed by atoms with Crippen molar-refractivity contribution >= 4 is 13.8 Å². The Morgan fingerprint density at radius 2 is 1.95 bits per heavy atom. The van der Waals surface area contributed by atoms with Gasteiger partial charge in [-0.3, -0.25) is 18.4 Å². The molecule has 0 heterocycles. The van der Waals surface area contributed by atoms with Gasteiger partial charge in [0.2, 0.25) is 0 Å². The van der Waals surface area contributed by atoms with E-state index in [1.54, 1.807) is 19.9 Å². The summed E-state index contributed by atoms with van der Waals surface area (Å²) in [5, 5.41) is 0. The summed E-state index contributed by atoms with van der Waals surface area (Å²) in [7, 11) is -2.21. The second-order valence-electron chi connectivity index (χ2n) is 4.05. The monoisotopic (exact) mass is 292 g/mol. The zero-order valence-electron chi connectivity index (χ0n) is 11.5. The SMILES string of the molecule is CCOP(=O)(OCC)O[C@H]1C=CC[C@@H](C(=O)OC)C1. The van der Waals surface area contributed by atoms with E-state index in [-0.39, 0.29) is 25.1 Å². The first-order valence-corrected chi connectivity index (χ1v) is 7.82. The molecule has 0 spiro atoms. The summed E-state index contributed by atoms with van der Waals surface area (Å²) < 4.78 is 32.4. The predicted molar refractivity (Wildman–Crippen MR) is 69.6 cm³/mol. The van der Waals surface area contributed by atoms with E-state index < -0.39 is 13.9 Å². The van der Waals surface area contributed by atoms with Gasteiger partial charge in [-0.1, -0.05) is 12.2 Å². The lowest BCUT2D eigenvalue weighted by Gasteiger charge is -2.26. The summed E-state index contributed by atoms with van der Waals surface area (Å²) in [5.41, 5.74) is 0. The van der Waals surface area contributed by atoms with Crippen LogP contribution in [0.5, 0.6) is 0 Å². The number of rotatable bonds is 7. The lowest BCUT2D eigenvalue weighted by molar-refractivity contribution is -0.146. The van der Waals surface area contributed by atoms with Crippen molar-refractivity contribution in [1.29, 1.82) is 0 Å². The molecule has 0 saturated heterocycles. The maximum absolute atomic E-state index is 12.2. The fourth-order valence-electron chi connectivity index (χ4n) is 1.87. The van der Waals surface area contributed by atoms with Crippen LogP contribution in [-0.4, -0.2) is 32.4 Å². The minimum atomic E-state index is -3.56. The first kappa shape index (κ1) is 16.4. The number of phosphoric ester groups is 1. The van der Waals surface area contributed by atoms with Gasteiger partial charge in [-0.2, -0.15) is 0 Å². The van der Waals surface area contributed by atoms with Gasteiger partial charge in [0.15, 0.2) is 0 Å². The van der Waals surface area contributed by atoms with E-state index in [0.717, 1.165) is 0 Å². The molecular formula is C12H21O6P. The van der Waals surface area contributed by atoms with E-state index in [9.17, 15) is 9.36 Å². The molecule has 0 bridgehead atoms. The van der Waals surface area contributed by atoms with Gasteiger partial charge in [-0.05, 0) is 26.7 Å². The molecule has 1 aliphatic rings. The van der Waals surface area contributed by atoms with Gasteiger partial charge in [0.25, 0.3) is 0 Å². The van der Waals surface area contributed by atoms with Crippen molar-refractivity contribution in [3.05, 3.63) is 12.2 Å². The molecule has 0 fully saturated rings. The highest BCUT2D eigenvalue weighted by Crippen LogP contribution is 2.51. The molecule has 0 unspecified atom stereocenters. The zero-order chi connectivity index (χ0) is 14.3. The van der Waals surface area contributed by atoms with Gasteiger partial charge in [-0.15, -0.1) is 0 Å². The van der Waals surface area contributed by atoms with E-state index in [1.165, 1.54) is 7.11 Å². The number of carbonyl (C=O) groups excluding carboxylic acids is 1. The Morgan fingerprint density at radius 1 is 1.32 bits per heavy atom. The predicted octanol–water partition coefficient (Wildman–Crippen LogP) is 2.69. The van der Waals surface area contributed by atoms with Gasteiger partial charge in [0.1, 0.15) is 0 Å². The topological polar surface area (TPSA) is 71.1 Å². The standard InChI is InChI=1S/C12H21O6P/c1-4-16-19(14,17-5-2)18-11-8-6-7-10(9-11)12(13)15-3/h6,8,10-11H,4-5,7,9H2,1-3H3/t10-,11+/m1/s1. The van der Waals surface area contributed by atoms with Crippen LogP contribution in [0, 0.1) is 5.92 Å². The smallest absolute Gasteiger partial charge is 0.469 e. The Hall–Kier alpha value is -0.680. The fraction of sp³-hybridized carbons (Fsp3) is 0.750. The Balaban J connectivity index is 2.64. The number of ether oxygens (including phenoxy) is 1. The van der Waals surface area contributed by atoms with E-state index in [1.807, 2.05) is 6.08 Å². The minimum Gasteiger partial charge on any atom is -0.469 e. The Kier molecular flexibility index (Phi) is 6.72. The molecule has 1 aliphatic carbocycles. The fourth-order valence-corrected chi connectivity index (χ4v) is 3.18. The highest BCUT2D eigenvalue weighted by Gasteiger charge is 2.33. The van der Waals surface area contributed by atoms with Crippen molar-refractivity contribution in [3.8, 4) is 0 Å². The van der Waals surface area contributed by atoms with Crippen LogP contribution in [0.2, 0.25) is 0 Å². The van der Waals surface area contributed by atoms with Crippen LogP contribution in [0.3, 0.4) is 0 Å². The molecule has 6 nitrogen and oxygen atoms in total. The van der Waals surface area contributed by atoms with Crippen molar-refractivity contribution in [2.45, 2.75) is 32.8 Å². The molecule has 7 heteroatoms. The molecule has 0 aromatic rings. The van der Waals surface area contributed by atoms with Crippen molar-refractivity contribution < 1.29 is 27.7 Å². The van der Waals surface area contributed by atoms with E-state index in [4.69, 9.17) is 18.3 Å². The summed E-state index contributed by atoms with van der Waals surface area (Å²) in [6.07, 6.45) is 4.12. The van der Waals surface area contributed by atoms with Gasteiger partial charge in [-0.25, -0.2) is 4.57 Å². The summed E-state index contributed by atoms with van der Waals surface area (Å²) >= 11 is 0. The van der Waals surface area contributed by atoms with Gasteiger partial charge in [0, 0.05) is 0 Å². The van der Waals surface area contributed by atoms with Crippen molar-refractivity contribution in [1.82, 2.24) is 0 Å². The lowest BCUT2D eigenvalue weighted by atomic mass is 9.93. The normalized spacial score (nSPS) is 23.3. The average molecular weight is 292 g/mol. The zero-order valence-corrected chi connectivity index (χ0v) is 12.4. The Labute approximate surface area is 113 Å². The van der Waals surface area contributed by atoms with Gasteiger partial charge < -0.3 is 4.74 Å². The lowest BCUT2D eigenvalue weighted by Crippen LogP contribution is -2.25. The summed E-state index contributed by atoms with van der Waals surface area (Å²) in [6, 6.07) is 0. The van der Waals surface area contributed by atoms with Crippen molar-refractivity contribution in [2.24, 2.45) is 5.92 Å². The van der Waals surface area contributed by atoms with E-state index in [0.29, 0.717) is 12.8 Å². The van der Waals surface area contributed by atoms with Crippen LogP contribution in [-0.2, 0) is 27.7 Å². The number of allylic oxidation sites excluding steroid dienone is 1. The van der Waals surface area contributed by atoms with E-state index in [2.05, 4.69) is 0 Å². The first-order valence-electron chi connectivity index (χ1n) is 6.36. The third-order valence-electron chi connectivity index (χ3n) is 2.66. The third-order valence-corrected chi connectivity index (χ3v) is 4.34. The Morgan fingerprint density at radius 3 is 2.47 bits per heavy atom. The molecule has 0 aromatic heterocycles. The summed E-state index contributed by atoms with van der Waals surface area (Å²) in [6.45, 7) is 3.88. The second-order valence-corrected chi connectivity index (χ2v) is 5.67. The summed E-state index contributed by atoms with van der Waals surface area (Å²) in [5.74, 6) is -0.572. The van der Waals surface area contributed by atoms with Crippen LogP contribution in [0.4, 0.5) is 0 Å². The molecule has 0 saturated carbocycles. The van der Waals surface area contributed by atoms with Crippen LogP contribution >= 0.6 is 7.82 Å². The maximum atomic E-state index is 12.2. The minimum absolute atomic E-state index is 0.230. The first-order chi connectivity index (χ1) is 9.04. The maximum Gasteiger partial charge on any atom is 0.475 e. The number of carbonyl (C=O) groups is 1. The van der Waals surface area contributed by atoms with Crippen LogP contribution in [0.25, 0.3) is 0 Å². The largest absolute Gasteiger partial charge is 0.475 e. The Bertz CT molecular complexity index is 357.